The van der Waals surface area contributed by atoms with Crippen molar-refractivity contribution in [2.24, 2.45) is 5.16 Å². The first kappa shape index (κ1) is 15.6. The molecule has 1 fully saturated rings. The number of halogens is 3. The Bertz CT molecular complexity index is 475. The van der Waals surface area contributed by atoms with Gasteiger partial charge in [0.25, 0.3) is 0 Å². The van der Waals surface area contributed by atoms with Crippen LogP contribution in [0.5, 0.6) is 5.75 Å². The number of rotatable bonds is 4. The van der Waals surface area contributed by atoms with Crippen LogP contribution in [0.2, 0.25) is 0 Å². The topological polar surface area (TPSA) is 51.1 Å². The fourth-order valence-electron chi connectivity index (χ4n) is 2.19. The van der Waals surface area contributed by atoms with Crippen LogP contribution in [-0.2, 0) is 11.3 Å². The number of hydrogen-bond acceptors (Lipinski definition) is 4. The van der Waals surface area contributed by atoms with E-state index in [9.17, 15) is 13.2 Å². The highest BCUT2D eigenvalue weighted by atomic mass is 19.4. The zero-order valence-electron chi connectivity index (χ0n) is 11.3. The van der Waals surface area contributed by atoms with Crippen LogP contribution < -0.4 is 4.74 Å². The molecular formula is C14H16F3NO3. The number of ether oxygens (including phenoxy) is 2. The van der Waals surface area contributed by atoms with Crippen molar-refractivity contribution in [2.45, 2.75) is 44.8 Å². The van der Waals surface area contributed by atoms with Gasteiger partial charge in [-0.15, -0.1) is 13.2 Å². The highest BCUT2D eigenvalue weighted by Crippen LogP contribution is 2.24. The lowest BCUT2D eigenvalue weighted by molar-refractivity contribution is -0.274. The summed E-state index contributed by atoms with van der Waals surface area (Å²) in [7, 11) is 0. The summed E-state index contributed by atoms with van der Waals surface area (Å²) in [5.74, 6) is -0.243. The molecular weight excluding hydrogens is 287 g/mol. The van der Waals surface area contributed by atoms with Crippen molar-refractivity contribution in [3.63, 3.8) is 0 Å². The van der Waals surface area contributed by atoms with Gasteiger partial charge in [-0.1, -0.05) is 17.3 Å². The van der Waals surface area contributed by atoms with E-state index in [0.717, 1.165) is 24.1 Å². The summed E-state index contributed by atoms with van der Waals surface area (Å²) in [6, 6.07) is 5.63. The molecule has 116 valence electrons. The van der Waals surface area contributed by atoms with E-state index < -0.39 is 6.36 Å². The molecule has 0 bridgehead atoms. The van der Waals surface area contributed by atoms with Gasteiger partial charge in [0.2, 0.25) is 0 Å². The van der Waals surface area contributed by atoms with Gasteiger partial charge in [-0.2, -0.15) is 0 Å². The lowest BCUT2D eigenvalue weighted by Gasteiger charge is -2.22. The molecule has 4 nitrogen and oxygen atoms in total. The summed E-state index contributed by atoms with van der Waals surface area (Å²) < 4.78 is 45.6. The Labute approximate surface area is 120 Å². The van der Waals surface area contributed by atoms with E-state index in [-0.39, 0.29) is 11.9 Å². The maximum Gasteiger partial charge on any atom is 0.573 e. The smallest absolute Gasteiger partial charge is 0.411 e. The van der Waals surface area contributed by atoms with E-state index in [2.05, 4.69) is 9.89 Å². The second-order valence-electron chi connectivity index (χ2n) is 4.87. The van der Waals surface area contributed by atoms with Crippen LogP contribution in [0.25, 0.3) is 0 Å². The number of benzene rings is 1. The zero-order valence-corrected chi connectivity index (χ0v) is 11.3. The zero-order chi connectivity index (χ0) is 15.3. The van der Waals surface area contributed by atoms with Crippen molar-refractivity contribution in [3.8, 4) is 5.75 Å². The molecule has 0 heterocycles. The van der Waals surface area contributed by atoms with E-state index >= 15 is 0 Å². The summed E-state index contributed by atoms with van der Waals surface area (Å²) in [6.07, 6.45) is -1.60. The maximum atomic E-state index is 12.0. The first-order chi connectivity index (χ1) is 9.96. The van der Waals surface area contributed by atoms with E-state index in [1.165, 1.54) is 12.1 Å². The molecule has 0 amide bonds. The third-order valence-electron chi connectivity index (χ3n) is 3.29. The van der Waals surface area contributed by atoms with Crippen LogP contribution in [0.1, 0.15) is 31.2 Å². The Morgan fingerprint density at radius 1 is 1.14 bits per heavy atom. The SMILES string of the molecule is ON=C1CCC(OCc2ccc(OC(F)(F)F)cc2)CC1. The average Bonchev–Trinajstić information content (AvgIpc) is 2.45. The molecule has 0 spiro atoms. The fourth-order valence-corrected chi connectivity index (χ4v) is 2.19. The van der Waals surface area contributed by atoms with Gasteiger partial charge in [0.1, 0.15) is 5.75 Å². The monoisotopic (exact) mass is 303 g/mol. The molecule has 1 saturated carbocycles. The van der Waals surface area contributed by atoms with Crippen molar-refractivity contribution in [2.75, 3.05) is 0 Å². The van der Waals surface area contributed by atoms with Crippen LogP contribution in [0.15, 0.2) is 29.4 Å². The predicted molar refractivity (Wildman–Crippen MR) is 69.4 cm³/mol. The molecule has 0 aliphatic heterocycles. The van der Waals surface area contributed by atoms with E-state index in [0.29, 0.717) is 19.4 Å². The van der Waals surface area contributed by atoms with Crippen molar-refractivity contribution >= 4 is 5.71 Å². The molecule has 1 N–H and O–H groups in total. The van der Waals surface area contributed by atoms with Crippen LogP contribution in [0.3, 0.4) is 0 Å². The van der Waals surface area contributed by atoms with Gasteiger partial charge in [-0.3, -0.25) is 0 Å². The van der Waals surface area contributed by atoms with Gasteiger partial charge in [-0.05, 0) is 43.4 Å². The number of hydrogen-bond donors (Lipinski definition) is 1. The lowest BCUT2D eigenvalue weighted by atomic mass is 9.96. The molecule has 1 aromatic rings. The first-order valence-corrected chi connectivity index (χ1v) is 6.62. The summed E-state index contributed by atoms with van der Waals surface area (Å²) in [5, 5.41) is 11.8. The van der Waals surface area contributed by atoms with Crippen molar-refractivity contribution in [3.05, 3.63) is 29.8 Å². The van der Waals surface area contributed by atoms with Gasteiger partial charge < -0.3 is 14.7 Å². The Morgan fingerprint density at radius 3 is 2.29 bits per heavy atom. The Morgan fingerprint density at radius 2 is 1.76 bits per heavy atom. The molecule has 0 radical (unpaired) electrons. The standard InChI is InChI=1S/C14H16F3NO3/c15-14(16,17)21-13-5-1-10(2-6-13)9-20-12-7-3-11(18-19)4-8-12/h1-2,5-6,12,19H,3-4,7-9H2. The van der Waals surface area contributed by atoms with E-state index in [1.807, 2.05) is 0 Å². The molecule has 1 aliphatic rings. The highest BCUT2D eigenvalue weighted by Gasteiger charge is 2.30. The molecule has 0 aromatic heterocycles. The number of nitrogens with zero attached hydrogens (tertiary/aromatic N) is 1. The van der Waals surface area contributed by atoms with Crippen molar-refractivity contribution in [1.29, 1.82) is 0 Å². The normalized spacial score (nSPS) is 19.4. The van der Waals surface area contributed by atoms with Gasteiger partial charge in [0.15, 0.2) is 0 Å². The van der Waals surface area contributed by atoms with Crippen molar-refractivity contribution < 1.29 is 27.9 Å². The molecule has 0 saturated heterocycles. The van der Waals surface area contributed by atoms with Crippen LogP contribution in [0.4, 0.5) is 13.2 Å². The van der Waals surface area contributed by atoms with E-state index in [1.54, 1.807) is 12.1 Å². The van der Waals surface area contributed by atoms with Crippen LogP contribution in [0, 0.1) is 0 Å². The predicted octanol–water partition coefficient (Wildman–Crippen LogP) is 3.87. The first-order valence-electron chi connectivity index (χ1n) is 6.62. The van der Waals surface area contributed by atoms with Crippen LogP contribution in [-0.4, -0.2) is 23.4 Å². The summed E-state index contributed by atoms with van der Waals surface area (Å²) >= 11 is 0. The summed E-state index contributed by atoms with van der Waals surface area (Å²) in [5.41, 5.74) is 1.56. The maximum absolute atomic E-state index is 12.0. The minimum Gasteiger partial charge on any atom is -0.411 e. The summed E-state index contributed by atoms with van der Waals surface area (Å²) in [6.45, 7) is 0.336. The molecule has 0 unspecified atom stereocenters. The molecule has 0 atom stereocenters. The minimum atomic E-state index is -4.67. The van der Waals surface area contributed by atoms with Gasteiger partial charge in [0, 0.05) is 0 Å². The molecule has 1 aromatic carbocycles. The third kappa shape index (κ3) is 5.26. The van der Waals surface area contributed by atoms with Crippen LogP contribution >= 0.6 is 0 Å². The summed E-state index contributed by atoms with van der Waals surface area (Å²) in [4.78, 5) is 0. The van der Waals surface area contributed by atoms with E-state index in [4.69, 9.17) is 9.94 Å². The second-order valence-corrected chi connectivity index (χ2v) is 4.87. The van der Waals surface area contributed by atoms with Crippen molar-refractivity contribution in [1.82, 2.24) is 0 Å². The molecule has 7 heteroatoms. The third-order valence-corrected chi connectivity index (χ3v) is 3.29. The highest BCUT2D eigenvalue weighted by molar-refractivity contribution is 5.84. The lowest BCUT2D eigenvalue weighted by Crippen LogP contribution is -2.21. The van der Waals surface area contributed by atoms with Gasteiger partial charge in [0.05, 0.1) is 18.4 Å². The number of oxime groups is 1. The largest absolute Gasteiger partial charge is 0.573 e. The minimum absolute atomic E-state index is 0.0848. The van der Waals surface area contributed by atoms with Gasteiger partial charge in [-0.25, -0.2) is 0 Å². The fraction of sp³-hybridized carbons (Fsp3) is 0.500. The van der Waals surface area contributed by atoms with Gasteiger partial charge >= 0.3 is 6.36 Å². The Balaban J connectivity index is 1.79. The molecule has 1 aliphatic carbocycles. The Hall–Kier alpha value is -1.76. The molecule has 21 heavy (non-hydrogen) atoms. The molecule has 2 rings (SSSR count). The quantitative estimate of drug-likeness (QED) is 0.678. The average molecular weight is 303 g/mol. The number of alkyl halides is 3. The Kier molecular flexibility index (Phi) is 5.06. The second kappa shape index (κ2) is 6.80.